The normalized spacial score (nSPS) is 21.9. The molecule has 0 aliphatic heterocycles. The van der Waals surface area contributed by atoms with Gasteiger partial charge in [-0.05, 0) is 36.2 Å². The summed E-state index contributed by atoms with van der Waals surface area (Å²) in [4.78, 5) is 0.0479. The molecule has 9 heteroatoms. The minimum Gasteiger partial charge on any atom is -0.240 e. The van der Waals surface area contributed by atoms with Crippen molar-refractivity contribution in [2.24, 2.45) is 0 Å². The Labute approximate surface area is 166 Å². The van der Waals surface area contributed by atoms with E-state index >= 15 is 0 Å². The number of hydrogen-bond donors (Lipinski definition) is 1. The Hall–Kier alpha value is -2.65. The summed E-state index contributed by atoms with van der Waals surface area (Å²) in [5.74, 6) is 0. The summed E-state index contributed by atoms with van der Waals surface area (Å²) in [6.07, 6.45) is -2.20. The average molecular weight is 421 g/mol. The van der Waals surface area contributed by atoms with Crippen LogP contribution in [0.1, 0.15) is 24.5 Å². The lowest BCUT2D eigenvalue weighted by atomic mass is 9.98. The van der Waals surface area contributed by atoms with Crippen molar-refractivity contribution < 1.29 is 21.6 Å². The highest BCUT2D eigenvalue weighted by molar-refractivity contribution is 7.89. The zero-order chi connectivity index (χ0) is 20.9. The van der Waals surface area contributed by atoms with Gasteiger partial charge in [0.2, 0.25) is 10.0 Å². The molecule has 1 aliphatic carbocycles. The smallest absolute Gasteiger partial charge is 0.240 e. The number of aromatic nitrogens is 2. The van der Waals surface area contributed by atoms with Crippen molar-refractivity contribution in [2.45, 2.75) is 35.9 Å². The number of hydrogen-bond acceptors (Lipinski definition) is 3. The van der Waals surface area contributed by atoms with E-state index in [1.165, 1.54) is 24.3 Å². The molecule has 29 heavy (non-hydrogen) atoms. The van der Waals surface area contributed by atoms with Crippen molar-refractivity contribution in [3.05, 3.63) is 78.1 Å². The van der Waals surface area contributed by atoms with Gasteiger partial charge in [-0.25, -0.2) is 17.8 Å². The van der Waals surface area contributed by atoms with Crippen molar-refractivity contribution in [3.8, 4) is 5.69 Å². The van der Waals surface area contributed by atoms with Gasteiger partial charge in [-0.15, -0.1) is 0 Å². The maximum atomic E-state index is 12.7. The van der Waals surface area contributed by atoms with E-state index in [-0.39, 0.29) is 16.4 Å². The molecule has 0 bridgehead atoms. The van der Waals surface area contributed by atoms with E-state index in [9.17, 15) is 21.6 Å². The highest BCUT2D eigenvalue weighted by Crippen LogP contribution is 2.48. The molecule has 1 fully saturated rings. The lowest BCUT2D eigenvalue weighted by molar-refractivity contribution is -0.137. The van der Waals surface area contributed by atoms with Crippen LogP contribution in [-0.2, 0) is 21.6 Å². The van der Waals surface area contributed by atoms with Crippen LogP contribution in [0.2, 0.25) is 0 Å². The van der Waals surface area contributed by atoms with Gasteiger partial charge in [0.1, 0.15) is 0 Å². The molecule has 152 valence electrons. The summed E-state index contributed by atoms with van der Waals surface area (Å²) >= 11 is 0. The van der Waals surface area contributed by atoms with Crippen molar-refractivity contribution >= 4 is 10.0 Å². The number of benzene rings is 2. The van der Waals surface area contributed by atoms with Gasteiger partial charge in [-0.1, -0.05) is 37.3 Å². The van der Waals surface area contributed by atoms with Gasteiger partial charge in [-0.3, -0.25) is 0 Å². The summed E-state index contributed by atoms with van der Waals surface area (Å²) in [7, 11) is -3.75. The maximum absolute atomic E-state index is 12.7. The topological polar surface area (TPSA) is 64.0 Å². The van der Waals surface area contributed by atoms with Crippen molar-refractivity contribution in [1.82, 2.24) is 14.5 Å². The van der Waals surface area contributed by atoms with Gasteiger partial charge in [0.15, 0.2) is 0 Å². The predicted octanol–water partition coefficient (Wildman–Crippen LogP) is 3.90. The molecular weight excluding hydrogens is 403 g/mol. The number of halogens is 3. The van der Waals surface area contributed by atoms with Crippen LogP contribution in [-0.4, -0.2) is 24.2 Å². The summed E-state index contributed by atoms with van der Waals surface area (Å²) in [5, 5.41) is 3.69. The molecule has 0 saturated heterocycles. The Morgan fingerprint density at radius 1 is 1.10 bits per heavy atom. The Balaban J connectivity index is 1.50. The minimum atomic E-state index is -4.49. The van der Waals surface area contributed by atoms with Crippen LogP contribution in [0, 0.1) is 0 Å². The molecule has 5 nitrogen and oxygen atoms in total. The second kappa shape index (κ2) is 6.70. The Bertz CT molecular complexity index is 1130. The largest absolute Gasteiger partial charge is 0.419 e. The number of rotatable bonds is 5. The summed E-state index contributed by atoms with van der Waals surface area (Å²) < 4.78 is 67.3. The number of nitrogens with one attached hydrogen (secondary N) is 1. The molecule has 1 aliphatic rings. The predicted molar refractivity (Wildman–Crippen MR) is 101 cm³/mol. The van der Waals surface area contributed by atoms with Crippen LogP contribution in [0.3, 0.4) is 0 Å². The van der Waals surface area contributed by atoms with Gasteiger partial charge in [-0.2, -0.15) is 18.3 Å². The third-order valence-corrected chi connectivity index (χ3v) is 6.78. The van der Waals surface area contributed by atoms with E-state index in [1.807, 2.05) is 37.3 Å². The molecule has 0 radical (unpaired) electrons. The van der Waals surface area contributed by atoms with Crippen LogP contribution in [0.25, 0.3) is 5.69 Å². The quantitative estimate of drug-likeness (QED) is 0.680. The highest BCUT2D eigenvalue weighted by atomic mass is 32.2. The van der Waals surface area contributed by atoms with Gasteiger partial charge in [0, 0.05) is 17.7 Å². The fourth-order valence-electron chi connectivity index (χ4n) is 3.32. The molecule has 2 atom stereocenters. The molecule has 1 aromatic heterocycles. The molecule has 0 spiro atoms. The van der Waals surface area contributed by atoms with Crippen molar-refractivity contribution in [2.75, 3.05) is 0 Å². The molecule has 2 aromatic carbocycles. The van der Waals surface area contributed by atoms with Gasteiger partial charge >= 0.3 is 6.18 Å². The molecule has 0 amide bonds. The first-order valence-corrected chi connectivity index (χ1v) is 10.4. The van der Waals surface area contributed by atoms with Gasteiger partial charge in [0.05, 0.1) is 22.3 Å². The maximum Gasteiger partial charge on any atom is 0.419 e. The standard InChI is InChI=1S/C20H18F3N3O2S/c1-19(14-5-3-2-4-6-14)11-18(19)25-29(27,28)17-9-7-16(8-10-17)26-13-15(12-24-26)20(21,22)23/h2-10,12-13,18,25H,11H2,1H3/t18-,19+/m0/s1. The van der Waals surface area contributed by atoms with E-state index < -0.39 is 21.8 Å². The Kier molecular flexibility index (Phi) is 4.54. The van der Waals surface area contributed by atoms with Gasteiger partial charge < -0.3 is 0 Å². The fraction of sp³-hybridized carbons (Fsp3) is 0.250. The first-order chi connectivity index (χ1) is 13.6. The van der Waals surface area contributed by atoms with Crippen LogP contribution >= 0.6 is 0 Å². The minimum absolute atomic E-state index is 0.0479. The van der Waals surface area contributed by atoms with Gasteiger partial charge in [0.25, 0.3) is 0 Å². The lowest BCUT2D eigenvalue weighted by Gasteiger charge is -2.13. The monoisotopic (exact) mass is 421 g/mol. The first-order valence-electron chi connectivity index (χ1n) is 8.90. The number of nitrogens with zero attached hydrogens (tertiary/aromatic N) is 2. The molecule has 1 saturated carbocycles. The average Bonchev–Trinajstić information content (AvgIpc) is 3.09. The van der Waals surface area contributed by atoms with Crippen molar-refractivity contribution in [1.29, 1.82) is 0 Å². The first kappa shape index (κ1) is 19.7. The third-order valence-electron chi connectivity index (χ3n) is 5.29. The van der Waals surface area contributed by atoms with E-state index in [4.69, 9.17) is 0 Å². The second-order valence-electron chi connectivity index (χ2n) is 7.33. The zero-order valence-electron chi connectivity index (χ0n) is 15.4. The Morgan fingerprint density at radius 3 is 2.34 bits per heavy atom. The summed E-state index contributed by atoms with van der Waals surface area (Å²) in [6.45, 7) is 2.01. The van der Waals surface area contributed by atoms with Crippen LogP contribution in [0.15, 0.2) is 71.9 Å². The van der Waals surface area contributed by atoms with Crippen LogP contribution in [0.4, 0.5) is 13.2 Å². The summed E-state index contributed by atoms with van der Waals surface area (Å²) in [5.41, 5.74) is 0.282. The third kappa shape index (κ3) is 3.79. The number of sulfonamides is 1. The highest BCUT2D eigenvalue weighted by Gasteiger charge is 2.53. The molecular formula is C20H18F3N3O2S. The van der Waals surface area contributed by atoms with Crippen LogP contribution < -0.4 is 4.72 Å². The van der Waals surface area contributed by atoms with Crippen molar-refractivity contribution in [3.63, 3.8) is 0 Å². The molecule has 1 N–H and O–H groups in total. The molecule has 0 unspecified atom stereocenters. The number of alkyl halides is 3. The van der Waals surface area contributed by atoms with E-state index in [0.29, 0.717) is 12.1 Å². The van der Waals surface area contributed by atoms with E-state index in [1.54, 1.807) is 0 Å². The Morgan fingerprint density at radius 2 is 1.76 bits per heavy atom. The lowest BCUT2D eigenvalue weighted by Crippen LogP contribution is -2.30. The molecule has 4 rings (SSSR count). The second-order valence-corrected chi connectivity index (χ2v) is 9.04. The SMILES string of the molecule is C[C@]1(c2ccccc2)C[C@@H]1NS(=O)(=O)c1ccc(-n2cc(C(F)(F)F)cn2)cc1. The van der Waals surface area contributed by atoms with E-state index in [2.05, 4.69) is 9.82 Å². The summed E-state index contributed by atoms with van der Waals surface area (Å²) in [6, 6.07) is 15.0. The van der Waals surface area contributed by atoms with E-state index in [0.717, 1.165) is 22.6 Å². The molecule has 3 aromatic rings. The van der Waals surface area contributed by atoms with Crippen LogP contribution in [0.5, 0.6) is 0 Å². The zero-order valence-corrected chi connectivity index (χ0v) is 16.2. The molecule has 1 heterocycles. The fourth-order valence-corrected chi connectivity index (χ4v) is 4.67.